The van der Waals surface area contributed by atoms with E-state index in [1.165, 1.54) is 12.8 Å². The highest BCUT2D eigenvalue weighted by molar-refractivity contribution is 6.30. The van der Waals surface area contributed by atoms with Gasteiger partial charge in [0.1, 0.15) is 0 Å². The number of fused-ring (bicyclic) bond motifs is 1. The molecule has 6 rings (SSSR count). The van der Waals surface area contributed by atoms with E-state index < -0.39 is 11.8 Å². The molecule has 2 aromatic heterocycles. The van der Waals surface area contributed by atoms with Gasteiger partial charge >= 0.3 is 0 Å². The van der Waals surface area contributed by atoms with Crippen molar-refractivity contribution in [3.8, 4) is 0 Å². The number of nitrogens with zero attached hydrogens (tertiary/aromatic N) is 6. The summed E-state index contributed by atoms with van der Waals surface area (Å²) in [5.74, 6) is 3.27. The molecule has 1 saturated carbocycles. The summed E-state index contributed by atoms with van der Waals surface area (Å²) in [6.07, 6.45) is 4.16. The van der Waals surface area contributed by atoms with Crippen LogP contribution in [-0.4, -0.2) is 69.2 Å². The average molecular weight is 565 g/mol. The van der Waals surface area contributed by atoms with E-state index in [1.807, 2.05) is 37.6 Å². The number of anilines is 2. The number of alkyl halides is 2. The second-order valence-electron chi connectivity index (χ2n) is 9.97. The van der Waals surface area contributed by atoms with E-state index in [9.17, 15) is 8.78 Å². The summed E-state index contributed by atoms with van der Waals surface area (Å²) < 4.78 is 35.1. The number of imidazole rings is 1. The number of rotatable bonds is 5. The third kappa shape index (κ3) is 6.59. The highest BCUT2D eigenvalue weighted by atomic mass is 35.5. The number of nitrogens with one attached hydrogen (secondary N) is 1. The molecule has 3 aromatic rings. The van der Waals surface area contributed by atoms with Gasteiger partial charge in [0.15, 0.2) is 17.0 Å². The van der Waals surface area contributed by atoms with Crippen molar-refractivity contribution in [2.45, 2.75) is 58.0 Å². The van der Waals surface area contributed by atoms with Gasteiger partial charge in [-0.05, 0) is 37.5 Å². The Hall–Kier alpha value is -2.60. The smallest absolute Gasteiger partial charge is 0.253 e. The SMILES string of the molecule is C1CCOC1.CC.CC1CN(C(c2ccc(Cl)cc2)C2CC2(F)F)CCN1c1nc(NN)nc2c1ncn2C. The first-order chi connectivity index (χ1) is 18.8. The zero-order valence-electron chi connectivity index (χ0n) is 23.1. The number of hydrogen-bond donors (Lipinski definition) is 2. The van der Waals surface area contributed by atoms with Gasteiger partial charge < -0.3 is 14.2 Å². The van der Waals surface area contributed by atoms with Gasteiger partial charge in [0.05, 0.1) is 6.33 Å². The number of aromatic nitrogens is 4. The van der Waals surface area contributed by atoms with Gasteiger partial charge in [-0.1, -0.05) is 37.6 Å². The molecule has 1 aromatic carbocycles. The first-order valence-electron chi connectivity index (χ1n) is 13.7. The van der Waals surface area contributed by atoms with E-state index in [4.69, 9.17) is 22.2 Å². The number of halogens is 3. The number of piperazine rings is 1. The van der Waals surface area contributed by atoms with Gasteiger partial charge in [0.2, 0.25) is 5.95 Å². The molecule has 0 spiro atoms. The Bertz CT molecular complexity index is 1210. The van der Waals surface area contributed by atoms with E-state index in [2.05, 4.69) is 37.1 Å². The number of nitrogen functional groups attached to an aromatic ring is 1. The van der Waals surface area contributed by atoms with E-state index in [1.54, 1.807) is 18.5 Å². The lowest BCUT2D eigenvalue weighted by Gasteiger charge is -2.44. The molecule has 0 amide bonds. The van der Waals surface area contributed by atoms with Crippen molar-refractivity contribution in [3.63, 3.8) is 0 Å². The highest BCUT2D eigenvalue weighted by Gasteiger charge is 2.62. The van der Waals surface area contributed by atoms with Crippen LogP contribution in [-0.2, 0) is 11.8 Å². The molecule has 3 fully saturated rings. The molecule has 3 N–H and O–H groups in total. The molecule has 39 heavy (non-hydrogen) atoms. The molecule has 2 aliphatic heterocycles. The van der Waals surface area contributed by atoms with Gasteiger partial charge in [-0.3, -0.25) is 10.3 Å². The zero-order valence-corrected chi connectivity index (χ0v) is 23.8. The van der Waals surface area contributed by atoms with Crippen LogP contribution in [0, 0.1) is 5.92 Å². The van der Waals surface area contributed by atoms with Gasteiger partial charge in [-0.2, -0.15) is 9.97 Å². The minimum absolute atomic E-state index is 0.0247. The first-order valence-corrected chi connectivity index (χ1v) is 14.0. The Labute approximate surface area is 233 Å². The summed E-state index contributed by atoms with van der Waals surface area (Å²) in [5, 5.41) is 0.598. The predicted molar refractivity (Wildman–Crippen MR) is 151 cm³/mol. The Morgan fingerprint density at radius 3 is 2.33 bits per heavy atom. The Kier molecular flexibility index (Phi) is 9.58. The van der Waals surface area contributed by atoms with E-state index in [0.717, 1.165) is 18.8 Å². The van der Waals surface area contributed by atoms with Crippen molar-refractivity contribution in [2.24, 2.45) is 18.8 Å². The normalized spacial score (nSPS) is 22.9. The maximum Gasteiger partial charge on any atom is 0.253 e. The van der Waals surface area contributed by atoms with Crippen LogP contribution in [0.5, 0.6) is 0 Å². The van der Waals surface area contributed by atoms with Gasteiger partial charge in [0, 0.05) is 69.3 Å². The molecule has 3 atom stereocenters. The third-order valence-electron chi connectivity index (χ3n) is 7.29. The third-order valence-corrected chi connectivity index (χ3v) is 7.54. The minimum atomic E-state index is -2.63. The van der Waals surface area contributed by atoms with Crippen LogP contribution in [0.15, 0.2) is 30.6 Å². The molecular formula is C27H39ClF2N8O. The molecule has 214 valence electrons. The van der Waals surface area contributed by atoms with Gasteiger partial charge in [0.25, 0.3) is 5.92 Å². The molecule has 4 heterocycles. The van der Waals surface area contributed by atoms with Crippen molar-refractivity contribution >= 4 is 34.5 Å². The minimum Gasteiger partial charge on any atom is -0.381 e. The molecule has 12 heteroatoms. The van der Waals surface area contributed by atoms with Crippen molar-refractivity contribution in [2.75, 3.05) is 43.2 Å². The molecule has 2 saturated heterocycles. The predicted octanol–water partition coefficient (Wildman–Crippen LogP) is 5.03. The van der Waals surface area contributed by atoms with E-state index in [-0.39, 0.29) is 18.5 Å². The molecule has 9 nitrogen and oxygen atoms in total. The largest absolute Gasteiger partial charge is 0.381 e. The quantitative estimate of drug-likeness (QED) is 0.329. The summed E-state index contributed by atoms with van der Waals surface area (Å²) >= 11 is 6.04. The summed E-state index contributed by atoms with van der Waals surface area (Å²) in [5.41, 5.74) is 4.76. The molecule has 3 aliphatic rings. The van der Waals surface area contributed by atoms with Crippen LogP contribution in [0.25, 0.3) is 11.2 Å². The first kappa shape index (κ1) is 29.4. The molecule has 1 aliphatic carbocycles. The van der Waals surface area contributed by atoms with Crippen molar-refractivity contribution < 1.29 is 13.5 Å². The Morgan fingerprint density at radius 2 is 1.79 bits per heavy atom. The standard InChI is InChI=1S/C21H25ClF2N8.C4H8O.C2H6/c1-12-10-31(17(15-9-21(15,23)24)13-3-5-14(22)6-4-13)7-8-32(12)19-16-18(30(2)11-26-16)27-20(28-19)29-25;1-2-4-5-3-1;1-2/h3-6,11-12,15,17H,7-10,25H2,1-2H3,(H,27,28,29);1-4H2;1-2H3. The number of benzene rings is 1. The Balaban J connectivity index is 0.000000447. The number of aryl methyl sites for hydroxylation is 1. The van der Waals surface area contributed by atoms with Gasteiger partial charge in [-0.15, -0.1) is 0 Å². The van der Waals surface area contributed by atoms with Crippen molar-refractivity contribution in [1.82, 2.24) is 24.4 Å². The lowest BCUT2D eigenvalue weighted by Crippen LogP contribution is -2.53. The van der Waals surface area contributed by atoms with Crippen LogP contribution in [0.2, 0.25) is 5.02 Å². The monoisotopic (exact) mass is 564 g/mol. The van der Waals surface area contributed by atoms with E-state index in [0.29, 0.717) is 47.6 Å². The van der Waals surface area contributed by atoms with Crippen LogP contribution >= 0.6 is 11.6 Å². The zero-order chi connectivity index (χ0) is 28.2. The lowest BCUT2D eigenvalue weighted by molar-refractivity contribution is 0.0570. The molecule has 3 unspecified atom stereocenters. The summed E-state index contributed by atoms with van der Waals surface area (Å²) in [6, 6.07) is 6.93. The van der Waals surface area contributed by atoms with Crippen LogP contribution in [0.1, 0.15) is 51.6 Å². The number of nitrogens with two attached hydrogens (primary N) is 1. The number of hydrazine groups is 1. The molecule has 0 bridgehead atoms. The number of hydrogen-bond acceptors (Lipinski definition) is 8. The Morgan fingerprint density at radius 1 is 1.13 bits per heavy atom. The highest BCUT2D eigenvalue weighted by Crippen LogP contribution is 2.57. The molecular weight excluding hydrogens is 526 g/mol. The topological polar surface area (TPSA) is 97.4 Å². The lowest BCUT2D eigenvalue weighted by atomic mass is 9.98. The maximum atomic E-state index is 14.2. The number of ether oxygens (including phenoxy) is 1. The average Bonchev–Trinajstić information content (AvgIpc) is 3.35. The summed E-state index contributed by atoms with van der Waals surface area (Å²) in [7, 11) is 1.86. The van der Waals surface area contributed by atoms with Crippen molar-refractivity contribution in [3.05, 3.63) is 41.2 Å². The maximum absolute atomic E-state index is 14.2. The van der Waals surface area contributed by atoms with Crippen molar-refractivity contribution in [1.29, 1.82) is 0 Å². The fourth-order valence-corrected chi connectivity index (χ4v) is 5.38. The van der Waals surface area contributed by atoms with Crippen LogP contribution in [0.4, 0.5) is 20.5 Å². The summed E-state index contributed by atoms with van der Waals surface area (Å²) in [6.45, 7) is 9.93. The second-order valence-corrected chi connectivity index (χ2v) is 10.4. The van der Waals surface area contributed by atoms with Crippen LogP contribution < -0.4 is 16.2 Å². The fourth-order valence-electron chi connectivity index (χ4n) is 5.25. The van der Waals surface area contributed by atoms with Gasteiger partial charge in [-0.25, -0.2) is 19.6 Å². The fraction of sp³-hybridized carbons (Fsp3) is 0.593. The van der Waals surface area contributed by atoms with Crippen LogP contribution in [0.3, 0.4) is 0 Å². The summed E-state index contributed by atoms with van der Waals surface area (Å²) in [4.78, 5) is 17.7. The second kappa shape index (κ2) is 12.7. The van der Waals surface area contributed by atoms with E-state index >= 15 is 0 Å². The molecule has 0 radical (unpaired) electrons.